The van der Waals surface area contributed by atoms with Crippen LogP contribution in [0, 0.1) is 25.2 Å². The molecule has 0 aliphatic rings. The summed E-state index contributed by atoms with van der Waals surface area (Å²) in [7, 11) is 2.85. The fourth-order valence-corrected chi connectivity index (χ4v) is 6.70. The van der Waals surface area contributed by atoms with Gasteiger partial charge in [-0.3, -0.25) is 9.59 Å². The minimum absolute atomic E-state index is 0.0914. The van der Waals surface area contributed by atoms with Crippen LogP contribution in [-0.2, 0) is 0 Å². The fraction of sp³-hybridized carbons (Fsp3) is 0.481. The third-order valence-corrected chi connectivity index (χ3v) is 7.99. The summed E-state index contributed by atoms with van der Waals surface area (Å²) in [6.07, 6.45) is 1.42. The van der Waals surface area contributed by atoms with E-state index in [0.29, 0.717) is 34.5 Å². The summed E-state index contributed by atoms with van der Waals surface area (Å²) < 4.78 is 16.4. The van der Waals surface area contributed by atoms with E-state index < -0.39 is 7.92 Å². The van der Waals surface area contributed by atoms with Crippen molar-refractivity contribution in [3.63, 3.8) is 0 Å². The molecule has 0 fully saturated rings. The second-order valence-electron chi connectivity index (χ2n) is 9.76. The molecule has 2 rings (SSSR count). The van der Waals surface area contributed by atoms with Gasteiger partial charge in [0.2, 0.25) is 0 Å². The van der Waals surface area contributed by atoms with Crippen molar-refractivity contribution in [1.29, 1.82) is 0 Å². The van der Waals surface area contributed by atoms with Crippen LogP contribution in [0.15, 0.2) is 30.3 Å². The quantitative estimate of drug-likeness (QED) is 0.353. The van der Waals surface area contributed by atoms with Gasteiger partial charge >= 0.3 is 0 Å². The van der Waals surface area contributed by atoms with E-state index in [9.17, 15) is 9.59 Å². The van der Waals surface area contributed by atoms with Crippen LogP contribution in [-0.4, -0.2) is 38.5 Å². The van der Waals surface area contributed by atoms with E-state index >= 15 is 0 Å². The molecule has 33 heavy (non-hydrogen) atoms. The highest BCUT2D eigenvalue weighted by atomic mass is 31.1. The predicted octanol–water partition coefficient (Wildman–Crippen LogP) is 6.86. The van der Waals surface area contributed by atoms with Crippen molar-refractivity contribution in [2.24, 2.45) is 11.3 Å². The molecule has 0 aromatic heterocycles. The van der Waals surface area contributed by atoms with E-state index in [-0.39, 0.29) is 22.4 Å². The highest BCUT2D eigenvalue weighted by Crippen LogP contribution is 2.51. The molecule has 5 nitrogen and oxygen atoms in total. The van der Waals surface area contributed by atoms with E-state index in [4.69, 9.17) is 14.2 Å². The summed E-state index contributed by atoms with van der Waals surface area (Å²) >= 11 is 0. The lowest BCUT2D eigenvalue weighted by molar-refractivity contribution is 0.104. The van der Waals surface area contributed by atoms with Crippen LogP contribution in [0.1, 0.15) is 66.0 Å². The van der Waals surface area contributed by atoms with Crippen molar-refractivity contribution in [3.8, 4) is 17.2 Å². The Kier molecular flexibility index (Phi) is 9.08. The minimum Gasteiger partial charge on any atom is -0.496 e. The van der Waals surface area contributed by atoms with Gasteiger partial charge in [0.15, 0.2) is 11.0 Å². The van der Waals surface area contributed by atoms with Gasteiger partial charge in [0.25, 0.3) is 0 Å². The number of ether oxygens (including phenoxy) is 3. The molecule has 0 radical (unpaired) electrons. The number of hydrogen-bond donors (Lipinski definition) is 0. The average Bonchev–Trinajstić information content (AvgIpc) is 2.74. The molecule has 2 aromatic carbocycles. The first kappa shape index (κ1) is 26.9. The third-order valence-electron chi connectivity index (χ3n) is 5.57. The van der Waals surface area contributed by atoms with Gasteiger partial charge in [0, 0.05) is 25.6 Å². The molecule has 0 N–H and O–H groups in total. The van der Waals surface area contributed by atoms with Gasteiger partial charge in [-0.25, -0.2) is 0 Å². The van der Waals surface area contributed by atoms with Gasteiger partial charge < -0.3 is 14.2 Å². The number of rotatable bonds is 10. The highest BCUT2D eigenvalue weighted by molar-refractivity contribution is 7.90. The predicted molar refractivity (Wildman–Crippen MR) is 136 cm³/mol. The molecular formula is C27H37O5P. The molecule has 0 heterocycles. The van der Waals surface area contributed by atoms with E-state index in [1.807, 2.05) is 32.0 Å². The summed E-state index contributed by atoms with van der Waals surface area (Å²) in [6.45, 7) is 12.5. The molecule has 2 atom stereocenters. The maximum absolute atomic E-state index is 14.0. The van der Waals surface area contributed by atoms with Crippen molar-refractivity contribution < 1.29 is 23.8 Å². The van der Waals surface area contributed by atoms with E-state index in [1.165, 1.54) is 14.2 Å². The summed E-state index contributed by atoms with van der Waals surface area (Å²) in [5.41, 5.74) is 2.50. The Labute approximate surface area is 199 Å². The molecule has 0 spiro atoms. The Hall–Kier alpha value is -2.39. The first-order chi connectivity index (χ1) is 15.4. The van der Waals surface area contributed by atoms with Gasteiger partial charge in [0.1, 0.15) is 22.8 Å². The fourth-order valence-electron chi connectivity index (χ4n) is 4.32. The van der Waals surface area contributed by atoms with Gasteiger partial charge in [-0.15, -0.1) is 0 Å². The lowest BCUT2D eigenvalue weighted by atomic mass is 9.86. The second kappa shape index (κ2) is 11.2. The molecule has 6 heteroatoms. The molecule has 0 aliphatic carbocycles. The van der Waals surface area contributed by atoms with Gasteiger partial charge in [0.05, 0.1) is 21.3 Å². The van der Waals surface area contributed by atoms with E-state index in [1.54, 1.807) is 19.2 Å². The zero-order valence-corrected chi connectivity index (χ0v) is 22.3. The standard InChI is InChI=1S/C27H37O5P/c1-17(15-27(4,5)6)16-33(25(28)23-18(2)11-10-12-19(23)3)26(29)24-21(31-8)13-20(30-7)14-22(24)32-9/h10-14,17H,15-16H2,1-9H3. The zero-order chi connectivity index (χ0) is 24.9. The van der Waals surface area contributed by atoms with Crippen LogP contribution in [0.4, 0.5) is 0 Å². The number of benzene rings is 2. The number of aryl methyl sites for hydroxylation is 2. The summed E-state index contributed by atoms with van der Waals surface area (Å²) in [4.78, 5) is 28.0. The monoisotopic (exact) mass is 472 g/mol. The van der Waals surface area contributed by atoms with Crippen molar-refractivity contribution in [1.82, 2.24) is 0 Å². The topological polar surface area (TPSA) is 61.8 Å². The summed E-state index contributed by atoms with van der Waals surface area (Å²) in [6, 6.07) is 9.09. The SMILES string of the molecule is COc1cc(OC)c(C(=O)P(CC(C)CC(C)(C)C)C(=O)c2c(C)cccc2C)c(OC)c1. The summed E-state index contributed by atoms with van der Waals surface area (Å²) in [5.74, 6) is 1.42. The Morgan fingerprint density at radius 1 is 0.879 bits per heavy atom. The van der Waals surface area contributed by atoms with Crippen molar-refractivity contribution in [2.75, 3.05) is 27.5 Å². The Bertz CT molecular complexity index is 961. The van der Waals surface area contributed by atoms with Gasteiger partial charge in [-0.2, -0.15) is 0 Å². The second-order valence-corrected chi connectivity index (χ2v) is 11.8. The highest BCUT2D eigenvalue weighted by Gasteiger charge is 2.35. The van der Waals surface area contributed by atoms with Crippen LogP contribution < -0.4 is 14.2 Å². The number of hydrogen-bond acceptors (Lipinski definition) is 5. The summed E-state index contributed by atoms with van der Waals surface area (Å²) in [5, 5.41) is 0. The van der Waals surface area contributed by atoms with Crippen molar-refractivity contribution in [2.45, 2.75) is 48.0 Å². The molecule has 0 aliphatic heterocycles. The molecular weight excluding hydrogens is 435 g/mol. The van der Waals surface area contributed by atoms with E-state index in [2.05, 4.69) is 27.7 Å². The molecule has 180 valence electrons. The number of methoxy groups -OCH3 is 3. The molecule has 0 bridgehead atoms. The number of carbonyl (C=O) groups is 2. The Morgan fingerprint density at radius 3 is 1.79 bits per heavy atom. The zero-order valence-electron chi connectivity index (χ0n) is 21.4. The first-order valence-electron chi connectivity index (χ1n) is 11.2. The lowest BCUT2D eigenvalue weighted by Crippen LogP contribution is -2.19. The third kappa shape index (κ3) is 6.57. The Morgan fingerprint density at radius 2 is 1.36 bits per heavy atom. The Balaban J connectivity index is 2.63. The van der Waals surface area contributed by atoms with Gasteiger partial charge in [-0.05, 0) is 48.9 Å². The maximum atomic E-state index is 14.0. The van der Waals surface area contributed by atoms with E-state index in [0.717, 1.165) is 17.5 Å². The first-order valence-corrected chi connectivity index (χ1v) is 12.7. The van der Waals surface area contributed by atoms with Crippen LogP contribution in [0.3, 0.4) is 0 Å². The molecule has 0 amide bonds. The lowest BCUT2D eigenvalue weighted by Gasteiger charge is -2.27. The molecule has 2 unspecified atom stereocenters. The van der Waals surface area contributed by atoms with Crippen LogP contribution in [0.5, 0.6) is 17.2 Å². The van der Waals surface area contributed by atoms with Crippen LogP contribution in [0.25, 0.3) is 0 Å². The van der Waals surface area contributed by atoms with Crippen LogP contribution >= 0.6 is 7.92 Å². The smallest absolute Gasteiger partial charge is 0.199 e. The molecule has 0 saturated carbocycles. The minimum atomic E-state index is -1.70. The largest absolute Gasteiger partial charge is 0.496 e. The maximum Gasteiger partial charge on any atom is 0.199 e. The average molecular weight is 473 g/mol. The number of carbonyl (C=O) groups excluding carboxylic acids is 2. The molecule has 0 saturated heterocycles. The van der Waals surface area contributed by atoms with Crippen molar-refractivity contribution >= 4 is 19.0 Å². The van der Waals surface area contributed by atoms with Gasteiger partial charge in [-0.1, -0.05) is 45.9 Å². The van der Waals surface area contributed by atoms with Crippen LogP contribution in [0.2, 0.25) is 0 Å². The normalized spacial score (nSPS) is 13.2. The molecule has 2 aromatic rings. The van der Waals surface area contributed by atoms with Crippen molar-refractivity contribution in [3.05, 3.63) is 52.6 Å².